The van der Waals surface area contributed by atoms with Crippen LogP contribution >= 0.6 is 0 Å². The molecular weight excluding hydrogens is 207 g/mol. The molecule has 1 unspecified atom stereocenters. The van der Waals surface area contributed by atoms with Gasteiger partial charge in [-0.15, -0.1) is 0 Å². The maximum atomic E-state index is 11.8. The van der Waals surface area contributed by atoms with Crippen LogP contribution in [0.15, 0.2) is 28.0 Å². The normalized spacial score (nSPS) is 14.1. The van der Waals surface area contributed by atoms with E-state index in [1.807, 2.05) is 4.98 Å². The minimum atomic E-state index is -4.79. The average molecular weight is 211 g/mol. The summed E-state index contributed by atoms with van der Waals surface area (Å²) in [6.07, 6.45) is 0.784. The maximum absolute atomic E-state index is 11.8. The molecule has 1 atom stereocenters. The Kier molecular flexibility index (Phi) is 2.55. The van der Waals surface area contributed by atoms with Gasteiger partial charge >= 0.3 is 5.51 Å². The molecule has 3 nitrogen and oxygen atoms in total. The van der Waals surface area contributed by atoms with Crippen molar-refractivity contribution in [2.75, 3.05) is 0 Å². The van der Waals surface area contributed by atoms with Crippen molar-refractivity contribution in [3.8, 4) is 0 Å². The first kappa shape index (κ1) is 9.97. The maximum Gasteiger partial charge on any atom is 0.475 e. The molecule has 0 aliphatic rings. The van der Waals surface area contributed by atoms with Crippen molar-refractivity contribution in [3.63, 3.8) is 0 Å². The van der Waals surface area contributed by atoms with Gasteiger partial charge in [0.05, 0.1) is 4.90 Å². The summed E-state index contributed by atoms with van der Waals surface area (Å²) in [6, 6.07) is 1.77. The van der Waals surface area contributed by atoms with E-state index in [1.165, 1.54) is 0 Å². The molecule has 0 radical (unpaired) electrons. The molecule has 0 bridgehead atoms. The van der Waals surface area contributed by atoms with Gasteiger partial charge in [-0.05, 0) is 6.07 Å². The number of hydrogen-bond donors (Lipinski definition) is 1. The molecule has 72 valence electrons. The lowest BCUT2D eigenvalue weighted by atomic mass is 10.5. The first-order valence-electron chi connectivity index (χ1n) is 3.08. The van der Waals surface area contributed by atoms with E-state index in [9.17, 15) is 22.2 Å². The van der Waals surface area contributed by atoms with Crippen LogP contribution in [0.4, 0.5) is 13.2 Å². The van der Waals surface area contributed by atoms with Crippen LogP contribution in [0.5, 0.6) is 0 Å². The molecular formula is C6H4F3NO2S. The van der Waals surface area contributed by atoms with Gasteiger partial charge in [0.1, 0.15) is 0 Å². The molecule has 7 heteroatoms. The number of hydrogen-bond acceptors (Lipinski definition) is 2. The van der Waals surface area contributed by atoms with Gasteiger partial charge < -0.3 is 4.98 Å². The number of alkyl halides is 3. The molecule has 0 spiro atoms. The first-order valence-corrected chi connectivity index (χ1v) is 4.23. The lowest BCUT2D eigenvalue weighted by Gasteiger charge is -2.04. The van der Waals surface area contributed by atoms with Crippen molar-refractivity contribution in [1.82, 2.24) is 4.98 Å². The van der Waals surface area contributed by atoms with E-state index >= 15 is 0 Å². The molecule has 1 aromatic heterocycles. The highest BCUT2D eigenvalue weighted by atomic mass is 32.2. The van der Waals surface area contributed by atoms with Crippen LogP contribution in [-0.2, 0) is 10.8 Å². The molecule has 0 aliphatic carbocycles. The molecule has 0 aromatic carbocycles. The van der Waals surface area contributed by atoms with E-state index < -0.39 is 26.8 Å². The molecule has 0 aliphatic heterocycles. The molecule has 1 aromatic rings. The Morgan fingerprint density at radius 2 is 1.92 bits per heavy atom. The Balaban J connectivity index is 3.04. The third kappa shape index (κ3) is 2.41. The second kappa shape index (κ2) is 3.33. The van der Waals surface area contributed by atoms with E-state index in [1.54, 1.807) is 0 Å². The fourth-order valence-electron chi connectivity index (χ4n) is 0.645. The number of aromatic nitrogens is 1. The highest BCUT2D eigenvalue weighted by Crippen LogP contribution is 2.24. The van der Waals surface area contributed by atoms with E-state index in [-0.39, 0.29) is 0 Å². The Morgan fingerprint density at radius 3 is 2.31 bits per heavy atom. The molecule has 0 saturated heterocycles. The number of nitrogens with one attached hydrogen (secondary N) is 1. The number of H-pyrrole nitrogens is 1. The predicted octanol–water partition coefficient (Wildman–Crippen LogP) is 1.00. The molecule has 1 rings (SSSR count). The van der Waals surface area contributed by atoms with Gasteiger partial charge in [0.25, 0.3) is 0 Å². The third-order valence-electron chi connectivity index (χ3n) is 1.18. The Hall–Kier alpha value is -1.11. The third-order valence-corrected chi connectivity index (χ3v) is 2.28. The topological polar surface area (TPSA) is 49.9 Å². The lowest BCUT2D eigenvalue weighted by molar-refractivity contribution is -0.0384. The fraction of sp³-hybridized carbons (Fsp3) is 0.167. The van der Waals surface area contributed by atoms with Crippen molar-refractivity contribution in [2.45, 2.75) is 10.4 Å². The first-order chi connectivity index (χ1) is 5.91. The zero-order valence-electron chi connectivity index (χ0n) is 6.09. The summed E-state index contributed by atoms with van der Waals surface area (Å²) >= 11 is 0. The number of aromatic amines is 1. The SMILES string of the molecule is O=c1ccc(S(=O)C(F)(F)F)c[nH]1. The van der Waals surface area contributed by atoms with E-state index in [0.717, 1.165) is 18.3 Å². The largest absolute Gasteiger partial charge is 0.475 e. The van der Waals surface area contributed by atoms with Crippen LogP contribution in [0.3, 0.4) is 0 Å². The van der Waals surface area contributed by atoms with Gasteiger partial charge in [-0.25, -0.2) is 4.21 Å². The van der Waals surface area contributed by atoms with Crippen LogP contribution in [0.2, 0.25) is 0 Å². The highest BCUT2D eigenvalue weighted by Gasteiger charge is 2.37. The van der Waals surface area contributed by atoms with Crippen LogP contribution in [0, 0.1) is 0 Å². The Labute approximate surface area is 73.0 Å². The van der Waals surface area contributed by atoms with Gasteiger partial charge in [0, 0.05) is 12.3 Å². The average Bonchev–Trinajstić information content (AvgIpc) is 2.03. The van der Waals surface area contributed by atoms with Crippen LogP contribution < -0.4 is 5.56 Å². The molecule has 1 heterocycles. The summed E-state index contributed by atoms with van der Waals surface area (Å²) < 4.78 is 46.2. The second-order valence-corrected chi connectivity index (χ2v) is 3.57. The van der Waals surface area contributed by atoms with E-state index in [0.29, 0.717) is 0 Å². The van der Waals surface area contributed by atoms with Crippen molar-refractivity contribution < 1.29 is 17.4 Å². The van der Waals surface area contributed by atoms with Gasteiger partial charge in [-0.2, -0.15) is 13.2 Å². The molecule has 1 N–H and O–H groups in total. The molecule has 0 fully saturated rings. The quantitative estimate of drug-likeness (QED) is 0.753. The van der Waals surface area contributed by atoms with Crippen LogP contribution in [0.25, 0.3) is 0 Å². The molecule has 13 heavy (non-hydrogen) atoms. The summed E-state index contributed by atoms with van der Waals surface area (Å²) in [5.41, 5.74) is -5.33. The Bertz CT molecular complexity index is 364. The van der Waals surface area contributed by atoms with Crippen molar-refractivity contribution >= 4 is 10.8 Å². The summed E-state index contributed by atoms with van der Waals surface area (Å²) in [7, 11) is -3.08. The Morgan fingerprint density at radius 1 is 1.31 bits per heavy atom. The highest BCUT2D eigenvalue weighted by molar-refractivity contribution is 7.86. The molecule has 0 amide bonds. The number of halogens is 3. The zero-order valence-corrected chi connectivity index (χ0v) is 6.91. The van der Waals surface area contributed by atoms with Gasteiger partial charge in [0.15, 0.2) is 10.8 Å². The van der Waals surface area contributed by atoms with Crippen LogP contribution in [0.1, 0.15) is 0 Å². The number of pyridine rings is 1. The summed E-state index contributed by atoms with van der Waals surface area (Å²) in [5.74, 6) is 0. The van der Waals surface area contributed by atoms with Crippen molar-refractivity contribution in [2.24, 2.45) is 0 Å². The smallest absolute Gasteiger partial charge is 0.328 e. The predicted molar refractivity (Wildman–Crippen MR) is 39.5 cm³/mol. The minimum absolute atomic E-state index is 0.466. The van der Waals surface area contributed by atoms with Gasteiger partial charge in [-0.3, -0.25) is 4.79 Å². The molecule has 0 saturated carbocycles. The van der Waals surface area contributed by atoms with Crippen molar-refractivity contribution in [1.29, 1.82) is 0 Å². The summed E-state index contributed by atoms with van der Waals surface area (Å²) in [6.45, 7) is 0. The zero-order chi connectivity index (χ0) is 10.1. The van der Waals surface area contributed by atoms with Crippen molar-refractivity contribution in [3.05, 3.63) is 28.7 Å². The van der Waals surface area contributed by atoms with Crippen LogP contribution in [-0.4, -0.2) is 14.7 Å². The lowest BCUT2D eigenvalue weighted by Crippen LogP contribution is -2.17. The summed E-state index contributed by atoms with van der Waals surface area (Å²) in [4.78, 5) is 12.0. The monoisotopic (exact) mass is 211 g/mol. The fourth-order valence-corrected chi connectivity index (χ4v) is 1.27. The number of rotatable bonds is 1. The van der Waals surface area contributed by atoms with Gasteiger partial charge in [0.2, 0.25) is 5.56 Å². The standard InChI is InChI=1S/C6H4F3NO2S/c7-6(8,9)13(12)4-1-2-5(11)10-3-4/h1-3H,(H,10,11). The summed E-state index contributed by atoms with van der Waals surface area (Å²) in [5, 5.41) is 0. The second-order valence-electron chi connectivity index (χ2n) is 2.10. The van der Waals surface area contributed by atoms with E-state index in [4.69, 9.17) is 0 Å². The van der Waals surface area contributed by atoms with E-state index in [2.05, 4.69) is 0 Å². The minimum Gasteiger partial charge on any atom is -0.328 e. The van der Waals surface area contributed by atoms with Gasteiger partial charge in [-0.1, -0.05) is 0 Å².